The molecule has 2 saturated heterocycles. The van der Waals surface area contributed by atoms with Crippen LogP contribution in [0.2, 0.25) is 0 Å². The van der Waals surface area contributed by atoms with E-state index in [1.54, 1.807) is 0 Å². The van der Waals surface area contributed by atoms with Crippen LogP contribution in [-0.2, 0) is 24.8 Å². The van der Waals surface area contributed by atoms with E-state index >= 15 is 0 Å². The van der Waals surface area contributed by atoms with Crippen molar-refractivity contribution in [1.82, 2.24) is 19.4 Å². The molecular weight excluding hydrogens is 324 g/mol. The van der Waals surface area contributed by atoms with Gasteiger partial charge in [-0.25, -0.2) is 4.98 Å². The quantitative estimate of drug-likeness (QED) is 0.830. The number of carbonyl (C=O) groups is 1. The fraction of sp³-hybridized carbons (Fsp3) is 0.524. The second kappa shape index (κ2) is 7.62. The molecular formula is C21H28N4O. The minimum absolute atomic E-state index is 0.347. The number of rotatable bonds is 5. The third-order valence-corrected chi connectivity index (χ3v) is 6.00. The second-order valence-corrected chi connectivity index (χ2v) is 7.67. The van der Waals surface area contributed by atoms with E-state index in [1.165, 1.54) is 5.56 Å². The van der Waals surface area contributed by atoms with Gasteiger partial charge in [0.15, 0.2) is 0 Å². The van der Waals surface area contributed by atoms with Crippen molar-refractivity contribution in [3.05, 3.63) is 54.1 Å². The van der Waals surface area contributed by atoms with Crippen LogP contribution in [0.25, 0.3) is 0 Å². The number of fused-ring (bicyclic) bond motifs is 1. The molecule has 2 fully saturated rings. The molecule has 2 aromatic rings. The van der Waals surface area contributed by atoms with E-state index in [4.69, 9.17) is 0 Å². The highest BCUT2D eigenvalue weighted by Gasteiger charge is 2.39. The molecule has 2 unspecified atom stereocenters. The third-order valence-electron chi connectivity index (χ3n) is 6.00. The SMILES string of the molecule is Cn1ccnc1CN1CCC2C(CCC(=O)N2CCc2ccccc2)C1. The molecule has 0 radical (unpaired) electrons. The fourth-order valence-corrected chi connectivity index (χ4v) is 4.50. The molecule has 0 spiro atoms. The zero-order valence-electron chi connectivity index (χ0n) is 15.6. The van der Waals surface area contributed by atoms with Crippen LogP contribution in [0.3, 0.4) is 0 Å². The molecule has 2 aliphatic heterocycles. The van der Waals surface area contributed by atoms with Crippen LogP contribution in [0.4, 0.5) is 0 Å². The van der Waals surface area contributed by atoms with E-state index in [1.807, 2.05) is 18.5 Å². The predicted molar refractivity (Wildman–Crippen MR) is 101 cm³/mol. The second-order valence-electron chi connectivity index (χ2n) is 7.67. The van der Waals surface area contributed by atoms with E-state index in [2.05, 4.69) is 50.7 Å². The first-order valence-electron chi connectivity index (χ1n) is 9.72. The number of amides is 1. The molecule has 0 bridgehead atoms. The molecule has 1 aromatic carbocycles. The van der Waals surface area contributed by atoms with E-state index in [-0.39, 0.29) is 0 Å². The molecule has 0 N–H and O–H groups in total. The lowest BCUT2D eigenvalue weighted by Crippen LogP contribution is -2.56. The molecule has 5 heteroatoms. The first-order valence-corrected chi connectivity index (χ1v) is 9.72. The molecule has 4 rings (SSSR count). The van der Waals surface area contributed by atoms with E-state index in [0.29, 0.717) is 24.3 Å². The maximum atomic E-state index is 12.6. The minimum Gasteiger partial charge on any atom is -0.339 e. The Hall–Kier alpha value is -2.14. The van der Waals surface area contributed by atoms with Gasteiger partial charge in [-0.05, 0) is 30.7 Å². The van der Waals surface area contributed by atoms with Gasteiger partial charge in [-0.1, -0.05) is 30.3 Å². The van der Waals surface area contributed by atoms with Gasteiger partial charge in [-0.2, -0.15) is 0 Å². The zero-order valence-corrected chi connectivity index (χ0v) is 15.6. The summed E-state index contributed by atoms with van der Waals surface area (Å²) in [5, 5.41) is 0. The van der Waals surface area contributed by atoms with Crippen LogP contribution in [0, 0.1) is 5.92 Å². The van der Waals surface area contributed by atoms with Gasteiger partial charge in [0.2, 0.25) is 5.91 Å². The number of carbonyl (C=O) groups excluding carboxylic acids is 1. The standard InChI is InChI=1S/C21H28N4O/c1-23-14-11-22-20(23)16-24-12-10-19-18(15-24)7-8-21(26)25(19)13-9-17-5-3-2-4-6-17/h2-6,11,14,18-19H,7-10,12-13,15-16H2,1H3. The third kappa shape index (κ3) is 3.68. The van der Waals surface area contributed by atoms with Crippen LogP contribution in [-0.4, -0.2) is 50.9 Å². The summed E-state index contributed by atoms with van der Waals surface area (Å²) >= 11 is 0. The highest BCUT2D eigenvalue weighted by Crippen LogP contribution is 2.32. The van der Waals surface area contributed by atoms with Gasteiger partial charge in [0.25, 0.3) is 0 Å². The number of piperidine rings is 2. The van der Waals surface area contributed by atoms with Gasteiger partial charge in [-0.15, -0.1) is 0 Å². The van der Waals surface area contributed by atoms with E-state index < -0.39 is 0 Å². The summed E-state index contributed by atoms with van der Waals surface area (Å²) in [5.74, 6) is 2.06. The normalized spacial score (nSPS) is 23.9. The van der Waals surface area contributed by atoms with Crippen LogP contribution in [0.5, 0.6) is 0 Å². The molecule has 26 heavy (non-hydrogen) atoms. The van der Waals surface area contributed by atoms with Crippen molar-refractivity contribution in [2.45, 2.75) is 38.3 Å². The molecule has 0 aliphatic carbocycles. The molecule has 1 aromatic heterocycles. The summed E-state index contributed by atoms with van der Waals surface area (Å²) in [6, 6.07) is 10.9. The van der Waals surface area contributed by atoms with Crippen LogP contribution in [0.1, 0.15) is 30.7 Å². The minimum atomic E-state index is 0.347. The van der Waals surface area contributed by atoms with Gasteiger partial charge in [0.1, 0.15) is 5.82 Å². The van der Waals surface area contributed by atoms with Crippen molar-refractivity contribution in [3.8, 4) is 0 Å². The van der Waals surface area contributed by atoms with Gasteiger partial charge >= 0.3 is 0 Å². The number of hydrogen-bond donors (Lipinski definition) is 0. The van der Waals surface area contributed by atoms with Crippen molar-refractivity contribution < 1.29 is 4.79 Å². The average molecular weight is 352 g/mol. The summed E-state index contributed by atoms with van der Waals surface area (Å²) < 4.78 is 2.10. The Kier molecular flexibility index (Phi) is 5.07. The molecule has 2 aliphatic rings. The van der Waals surface area contributed by atoms with Gasteiger partial charge in [-0.3, -0.25) is 9.69 Å². The molecule has 2 atom stereocenters. The molecule has 0 saturated carbocycles. The largest absolute Gasteiger partial charge is 0.339 e. The van der Waals surface area contributed by atoms with Crippen LogP contribution >= 0.6 is 0 Å². The van der Waals surface area contributed by atoms with E-state index in [0.717, 1.165) is 51.3 Å². The summed E-state index contributed by atoms with van der Waals surface area (Å²) in [5.41, 5.74) is 1.31. The number of nitrogens with zero attached hydrogens (tertiary/aromatic N) is 4. The molecule has 1 amide bonds. The Balaban J connectivity index is 1.38. The monoisotopic (exact) mass is 352 g/mol. The highest BCUT2D eigenvalue weighted by molar-refractivity contribution is 5.77. The number of hydrogen-bond acceptors (Lipinski definition) is 3. The maximum absolute atomic E-state index is 12.6. The lowest BCUT2D eigenvalue weighted by Gasteiger charge is -2.47. The number of benzene rings is 1. The van der Waals surface area contributed by atoms with E-state index in [9.17, 15) is 4.79 Å². The Labute approximate surface area is 155 Å². The number of aryl methyl sites for hydroxylation is 1. The predicted octanol–water partition coefficient (Wildman–Crippen LogP) is 2.48. The zero-order chi connectivity index (χ0) is 17.9. The lowest BCUT2D eigenvalue weighted by molar-refractivity contribution is -0.141. The van der Waals surface area contributed by atoms with Crippen molar-refractivity contribution >= 4 is 5.91 Å². The summed E-state index contributed by atoms with van der Waals surface area (Å²) in [7, 11) is 2.06. The number of likely N-dealkylation sites (tertiary alicyclic amines) is 2. The van der Waals surface area contributed by atoms with Crippen molar-refractivity contribution in [2.24, 2.45) is 13.0 Å². The fourth-order valence-electron chi connectivity index (χ4n) is 4.50. The number of imidazole rings is 1. The van der Waals surface area contributed by atoms with Gasteiger partial charge in [0.05, 0.1) is 6.54 Å². The first-order chi connectivity index (χ1) is 12.7. The average Bonchev–Trinajstić information content (AvgIpc) is 3.06. The summed E-state index contributed by atoms with van der Waals surface area (Å²) in [6.07, 6.45) is 7.64. The maximum Gasteiger partial charge on any atom is 0.222 e. The molecule has 5 nitrogen and oxygen atoms in total. The van der Waals surface area contributed by atoms with Gasteiger partial charge < -0.3 is 9.47 Å². The Morgan fingerprint density at radius 3 is 2.81 bits per heavy atom. The summed E-state index contributed by atoms with van der Waals surface area (Å²) in [6.45, 7) is 3.88. The Morgan fingerprint density at radius 1 is 1.19 bits per heavy atom. The number of aromatic nitrogens is 2. The Bertz CT molecular complexity index is 741. The Morgan fingerprint density at radius 2 is 2.04 bits per heavy atom. The first kappa shape index (κ1) is 17.3. The van der Waals surface area contributed by atoms with Crippen molar-refractivity contribution in [2.75, 3.05) is 19.6 Å². The van der Waals surface area contributed by atoms with Crippen LogP contribution < -0.4 is 0 Å². The van der Waals surface area contributed by atoms with Crippen LogP contribution in [0.15, 0.2) is 42.7 Å². The van der Waals surface area contributed by atoms with Crippen molar-refractivity contribution in [3.63, 3.8) is 0 Å². The lowest BCUT2D eigenvalue weighted by atomic mass is 9.83. The molecule has 3 heterocycles. The smallest absolute Gasteiger partial charge is 0.222 e. The highest BCUT2D eigenvalue weighted by atomic mass is 16.2. The van der Waals surface area contributed by atoms with Gasteiger partial charge in [0, 0.05) is 51.5 Å². The topological polar surface area (TPSA) is 41.4 Å². The molecule has 138 valence electrons. The summed E-state index contributed by atoms with van der Waals surface area (Å²) in [4.78, 5) is 21.7. The van der Waals surface area contributed by atoms with Crippen molar-refractivity contribution in [1.29, 1.82) is 0 Å².